The third-order valence-corrected chi connectivity index (χ3v) is 5.39. The number of pyridine rings is 1. The van der Waals surface area contributed by atoms with Gasteiger partial charge in [0, 0.05) is 42.7 Å². The standard InChI is InChI=1S/C24H25N7O/c1-17-4-3-5-19(12-17)15-26-28-22-14-24(30-8-10-32-11-9-30)31-23(27-22)13-21(29-31)20-7-6-18(2)25-16-20/h3-7,12-16H,8-11H2,1-2H3,(H,27,28). The predicted octanol–water partition coefficient (Wildman–Crippen LogP) is 3.69. The largest absolute Gasteiger partial charge is 0.378 e. The van der Waals surface area contributed by atoms with Crippen molar-refractivity contribution in [2.75, 3.05) is 36.6 Å². The Morgan fingerprint density at radius 3 is 2.72 bits per heavy atom. The van der Waals surface area contributed by atoms with Gasteiger partial charge in [-0.15, -0.1) is 0 Å². The number of nitrogens with one attached hydrogen (secondary N) is 1. The average molecular weight is 428 g/mol. The van der Waals surface area contributed by atoms with Gasteiger partial charge in [0.1, 0.15) is 5.82 Å². The molecule has 4 aromatic rings. The Labute approximate surface area is 186 Å². The van der Waals surface area contributed by atoms with E-state index in [1.165, 1.54) is 5.56 Å². The molecule has 0 unspecified atom stereocenters. The summed E-state index contributed by atoms with van der Waals surface area (Å²) in [5, 5.41) is 9.23. The molecular weight excluding hydrogens is 402 g/mol. The number of benzene rings is 1. The van der Waals surface area contributed by atoms with Gasteiger partial charge in [0.05, 0.1) is 25.1 Å². The van der Waals surface area contributed by atoms with Crippen LogP contribution in [0.3, 0.4) is 0 Å². The van der Waals surface area contributed by atoms with Gasteiger partial charge in [-0.1, -0.05) is 29.8 Å². The van der Waals surface area contributed by atoms with Crippen molar-refractivity contribution in [3.8, 4) is 11.3 Å². The van der Waals surface area contributed by atoms with Crippen LogP contribution in [0.2, 0.25) is 0 Å². The number of hydrazone groups is 1. The fourth-order valence-corrected chi connectivity index (χ4v) is 3.72. The third kappa shape index (κ3) is 4.31. The summed E-state index contributed by atoms with van der Waals surface area (Å²) in [5.74, 6) is 1.62. The maximum Gasteiger partial charge on any atom is 0.160 e. The van der Waals surface area contributed by atoms with Crippen molar-refractivity contribution in [2.24, 2.45) is 5.10 Å². The van der Waals surface area contributed by atoms with Crippen molar-refractivity contribution in [1.29, 1.82) is 0 Å². The minimum Gasteiger partial charge on any atom is -0.378 e. The lowest BCUT2D eigenvalue weighted by Crippen LogP contribution is -2.37. The monoisotopic (exact) mass is 427 g/mol. The molecule has 8 nitrogen and oxygen atoms in total. The molecule has 3 aromatic heterocycles. The fourth-order valence-electron chi connectivity index (χ4n) is 3.72. The lowest BCUT2D eigenvalue weighted by atomic mass is 10.2. The molecule has 32 heavy (non-hydrogen) atoms. The van der Waals surface area contributed by atoms with E-state index in [1.807, 2.05) is 54.0 Å². The minimum absolute atomic E-state index is 0.663. The van der Waals surface area contributed by atoms with Gasteiger partial charge in [0.25, 0.3) is 0 Å². The van der Waals surface area contributed by atoms with Crippen LogP contribution in [0.25, 0.3) is 16.9 Å². The Balaban J connectivity index is 1.50. The first-order valence-corrected chi connectivity index (χ1v) is 10.7. The SMILES string of the molecule is Cc1cccc(C=NNc2cc(N3CCOCC3)n3nc(-c4ccc(C)nc4)cc3n2)c1. The Morgan fingerprint density at radius 2 is 1.94 bits per heavy atom. The van der Waals surface area contributed by atoms with Crippen LogP contribution >= 0.6 is 0 Å². The first-order valence-electron chi connectivity index (χ1n) is 10.7. The molecule has 4 heterocycles. The molecule has 0 bridgehead atoms. The van der Waals surface area contributed by atoms with E-state index >= 15 is 0 Å². The zero-order valence-electron chi connectivity index (χ0n) is 18.2. The second-order valence-electron chi connectivity index (χ2n) is 7.87. The van der Waals surface area contributed by atoms with Crippen LogP contribution in [0.5, 0.6) is 0 Å². The molecule has 0 aliphatic carbocycles. The summed E-state index contributed by atoms with van der Waals surface area (Å²) in [4.78, 5) is 11.4. The van der Waals surface area contributed by atoms with Crippen LogP contribution < -0.4 is 10.3 Å². The Kier molecular flexibility index (Phi) is 5.51. The normalized spacial score (nSPS) is 14.4. The molecule has 1 aliphatic rings. The van der Waals surface area contributed by atoms with E-state index in [9.17, 15) is 0 Å². The van der Waals surface area contributed by atoms with Gasteiger partial charge in [-0.2, -0.15) is 14.7 Å². The number of ether oxygens (including phenoxy) is 1. The number of rotatable bonds is 5. The molecule has 1 N–H and O–H groups in total. The fraction of sp³-hybridized carbons (Fsp3) is 0.250. The number of morpholine rings is 1. The zero-order chi connectivity index (χ0) is 21.9. The van der Waals surface area contributed by atoms with Gasteiger partial charge in [-0.3, -0.25) is 10.4 Å². The molecule has 1 aromatic carbocycles. The summed E-state index contributed by atoms with van der Waals surface area (Å²) in [6, 6.07) is 16.2. The van der Waals surface area contributed by atoms with Crippen molar-refractivity contribution in [2.45, 2.75) is 13.8 Å². The summed E-state index contributed by atoms with van der Waals surface area (Å²) in [7, 11) is 0. The molecule has 0 atom stereocenters. The van der Waals surface area contributed by atoms with Crippen molar-refractivity contribution < 1.29 is 4.74 Å². The molecule has 0 radical (unpaired) electrons. The van der Waals surface area contributed by atoms with Gasteiger partial charge < -0.3 is 9.64 Å². The van der Waals surface area contributed by atoms with Gasteiger partial charge in [0.2, 0.25) is 0 Å². The minimum atomic E-state index is 0.663. The lowest BCUT2D eigenvalue weighted by Gasteiger charge is -2.29. The van der Waals surface area contributed by atoms with Gasteiger partial charge in [-0.25, -0.2) is 4.98 Å². The summed E-state index contributed by atoms with van der Waals surface area (Å²) < 4.78 is 7.42. The number of anilines is 2. The first kappa shape index (κ1) is 20.1. The molecule has 1 saturated heterocycles. The predicted molar refractivity (Wildman–Crippen MR) is 126 cm³/mol. The molecule has 0 saturated carbocycles. The maximum atomic E-state index is 5.54. The smallest absolute Gasteiger partial charge is 0.160 e. The lowest BCUT2D eigenvalue weighted by molar-refractivity contribution is 0.122. The Morgan fingerprint density at radius 1 is 1.06 bits per heavy atom. The molecule has 0 spiro atoms. The molecule has 1 fully saturated rings. The highest BCUT2D eigenvalue weighted by molar-refractivity contribution is 5.80. The highest BCUT2D eigenvalue weighted by Crippen LogP contribution is 2.25. The molecular formula is C24H25N7O. The number of aromatic nitrogens is 4. The second kappa shape index (κ2) is 8.76. The quantitative estimate of drug-likeness (QED) is 0.387. The third-order valence-electron chi connectivity index (χ3n) is 5.39. The van der Waals surface area contributed by atoms with E-state index in [-0.39, 0.29) is 0 Å². The number of hydrogen-bond acceptors (Lipinski definition) is 7. The Bertz CT molecular complexity index is 1260. The summed E-state index contributed by atoms with van der Waals surface area (Å²) in [6.45, 7) is 7.01. The summed E-state index contributed by atoms with van der Waals surface area (Å²) >= 11 is 0. The molecule has 5 rings (SSSR count). The summed E-state index contributed by atoms with van der Waals surface area (Å²) in [6.07, 6.45) is 3.64. The second-order valence-corrected chi connectivity index (χ2v) is 7.87. The van der Waals surface area contributed by atoms with E-state index < -0.39 is 0 Å². The van der Waals surface area contributed by atoms with Crippen LogP contribution in [-0.4, -0.2) is 52.1 Å². The van der Waals surface area contributed by atoms with E-state index in [0.717, 1.165) is 47.1 Å². The highest BCUT2D eigenvalue weighted by atomic mass is 16.5. The van der Waals surface area contributed by atoms with E-state index in [1.54, 1.807) is 6.21 Å². The highest BCUT2D eigenvalue weighted by Gasteiger charge is 2.18. The van der Waals surface area contributed by atoms with E-state index in [0.29, 0.717) is 19.0 Å². The Hall–Kier alpha value is -3.78. The molecule has 0 amide bonds. The average Bonchev–Trinajstić information content (AvgIpc) is 3.24. The zero-order valence-corrected chi connectivity index (χ0v) is 18.2. The van der Waals surface area contributed by atoms with Gasteiger partial charge in [0.15, 0.2) is 11.5 Å². The first-order chi connectivity index (χ1) is 15.7. The van der Waals surface area contributed by atoms with Crippen LogP contribution in [0.1, 0.15) is 16.8 Å². The van der Waals surface area contributed by atoms with E-state index in [4.69, 9.17) is 14.8 Å². The van der Waals surface area contributed by atoms with Crippen molar-refractivity contribution in [1.82, 2.24) is 19.6 Å². The van der Waals surface area contributed by atoms with Crippen LogP contribution in [0.4, 0.5) is 11.6 Å². The topological polar surface area (TPSA) is 79.9 Å². The summed E-state index contributed by atoms with van der Waals surface area (Å²) in [5.41, 5.74) is 8.83. The molecule has 1 aliphatic heterocycles. The van der Waals surface area contributed by atoms with Gasteiger partial charge >= 0.3 is 0 Å². The number of nitrogens with zero attached hydrogens (tertiary/aromatic N) is 6. The molecule has 8 heteroatoms. The number of hydrogen-bond donors (Lipinski definition) is 1. The number of aryl methyl sites for hydroxylation is 2. The van der Waals surface area contributed by atoms with Crippen molar-refractivity contribution in [3.63, 3.8) is 0 Å². The number of fused-ring (bicyclic) bond motifs is 1. The van der Waals surface area contributed by atoms with Gasteiger partial charge in [-0.05, 0) is 31.5 Å². The van der Waals surface area contributed by atoms with E-state index in [2.05, 4.69) is 39.5 Å². The van der Waals surface area contributed by atoms with Crippen molar-refractivity contribution in [3.05, 3.63) is 71.5 Å². The van der Waals surface area contributed by atoms with Crippen LogP contribution in [0.15, 0.2) is 59.8 Å². The van der Waals surface area contributed by atoms with Crippen molar-refractivity contribution >= 4 is 23.5 Å². The molecule has 162 valence electrons. The maximum absolute atomic E-state index is 5.54. The van der Waals surface area contributed by atoms with Crippen LogP contribution in [0, 0.1) is 13.8 Å². The van der Waals surface area contributed by atoms with Crippen LogP contribution in [-0.2, 0) is 4.74 Å².